The number of carbonyl (C=O) groups excluding carboxylic acids is 1. The molecule has 2 N–H and O–H groups in total. The standard InChI is InChI=1S/C22H26N2O3S/c1-4-27-21(25)17-8-6-9-19(14(17)2)23-22(28)24-20-10-5-7-15-13-16(26-3)11-12-18(15)20/h6,8-9,11-13,20H,4-5,7,10H2,1-3H3,(H2,23,24,28)/t20-/m0/s1. The van der Waals surface area contributed by atoms with Crippen molar-refractivity contribution in [1.29, 1.82) is 0 Å². The number of methoxy groups -OCH3 is 1. The molecule has 0 fully saturated rings. The Labute approximate surface area is 171 Å². The molecule has 1 aliphatic carbocycles. The van der Waals surface area contributed by atoms with E-state index in [1.165, 1.54) is 11.1 Å². The smallest absolute Gasteiger partial charge is 0.338 e. The topological polar surface area (TPSA) is 59.6 Å². The van der Waals surface area contributed by atoms with Crippen molar-refractivity contribution in [3.63, 3.8) is 0 Å². The molecule has 0 bridgehead atoms. The minimum atomic E-state index is -0.322. The van der Waals surface area contributed by atoms with Gasteiger partial charge in [-0.1, -0.05) is 12.1 Å². The Morgan fingerprint density at radius 3 is 2.86 bits per heavy atom. The van der Waals surface area contributed by atoms with E-state index in [0.717, 1.165) is 36.3 Å². The van der Waals surface area contributed by atoms with Gasteiger partial charge in [-0.15, -0.1) is 0 Å². The zero-order valence-electron chi connectivity index (χ0n) is 16.5. The van der Waals surface area contributed by atoms with E-state index in [9.17, 15) is 4.79 Å². The Bertz CT molecular complexity index is 882. The number of esters is 1. The summed E-state index contributed by atoms with van der Waals surface area (Å²) in [7, 11) is 1.69. The van der Waals surface area contributed by atoms with E-state index in [0.29, 0.717) is 17.3 Å². The third-order valence-corrected chi connectivity index (χ3v) is 5.27. The quantitative estimate of drug-likeness (QED) is 0.569. The number of aryl methyl sites for hydroxylation is 1. The van der Waals surface area contributed by atoms with Crippen molar-refractivity contribution in [1.82, 2.24) is 5.32 Å². The summed E-state index contributed by atoms with van der Waals surface area (Å²) in [6, 6.07) is 11.9. The lowest BCUT2D eigenvalue weighted by molar-refractivity contribution is 0.0525. The highest BCUT2D eigenvalue weighted by molar-refractivity contribution is 7.80. The Morgan fingerprint density at radius 2 is 2.11 bits per heavy atom. The maximum Gasteiger partial charge on any atom is 0.338 e. The molecule has 0 heterocycles. The van der Waals surface area contributed by atoms with Crippen molar-refractivity contribution in [3.05, 3.63) is 58.7 Å². The second-order valence-electron chi connectivity index (χ2n) is 6.81. The van der Waals surface area contributed by atoms with Crippen molar-refractivity contribution in [2.24, 2.45) is 0 Å². The molecule has 0 aromatic heterocycles. The molecular weight excluding hydrogens is 372 g/mol. The monoisotopic (exact) mass is 398 g/mol. The number of benzene rings is 2. The van der Waals surface area contributed by atoms with Crippen molar-refractivity contribution >= 4 is 29.0 Å². The second-order valence-corrected chi connectivity index (χ2v) is 7.21. The molecule has 148 valence electrons. The maximum atomic E-state index is 12.1. The number of hydrogen-bond acceptors (Lipinski definition) is 4. The molecule has 5 nitrogen and oxygen atoms in total. The fraction of sp³-hybridized carbons (Fsp3) is 0.364. The molecule has 0 saturated carbocycles. The van der Waals surface area contributed by atoms with Gasteiger partial charge >= 0.3 is 5.97 Å². The van der Waals surface area contributed by atoms with E-state index in [1.54, 1.807) is 20.1 Å². The molecule has 0 radical (unpaired) electrons. The van der Waals surface area contributed by atoms with Crippen LogP contribution in [0.1, 0.15) is 52.9 Å². The second kappa shape index (κ2) is 9.06. The normalized spacial score (nSPS) is 15.3. The molecule has 1 atom stereocenters. The first-order chi connectivity index (χ1) is 13.5. The Kier molecular flexibility index (Phi) is 6.52. The minimum Gasteiger partial charge on any atom is -0.497 e. The average Bonchev–Trinajstić information content (AvgIpc) is 2.69. The van der Waals surface area contributed by atoms with E-state index in [1.807, 2.05) is 25.1 Å². The van der Waals surface area contributed by atoms with E-state index in [-0.39, 0.29) is 12.0 Å². The van der Waals surface area contributed by atoms with E-state index >= 15 is 0 Å². The number of thiocarbonyl (C=S) groups is 1. The van der Waals surface area contributed by atoms with Crippen LogP contribution in [0.2, 0.25) is 0 Å². The van der Waals surface area contributed by atoms with Crippen LogP contribution in [0.25, 0.3) is 0 Å². The molecule has 28 heavy (non-hydrogen) atoms. The summed E-state index contributed by atoms with van der Waals surface area (Å²) in [4.78, 5) is 12.1. The summed E-state index contributed by atoms with van der Waals surface area (Å²) >= 11 is 5.55. The van der Waals surface area contributed by atoms with Crippen LogP contribution in [-0.2, 0) is 11.2 Å². The van der Waals surface area contributed by atoms with Gasteiger partial charge < -0.3 is 20.1 Å². The first-order valence-corrected chi connectivity index (χ1v) is 9.95. The summed E-state index contributed by atoms with van der Waals surface area (Å²) in [6.07, 6.45) is 3.16. The van der Waals surface area contributed by atoms with Gasteiger partial charge in [0.15, 0.2) is 5.11 Å². The van der Waals surface area contributed by atoms with Crippen molar-refractivity contribution < 1.29 is 14.3 Å². The lowest BCUT2D eigenvalue weighted by Gasteiger charge is -2.28. The van der Waals surface area contributed by atoms with Gasteiger partial charge in [-0.25, -0.2) is 4.79 Å². The van der Waals surface area contributed by atoms with Gasteiger partial charge in [0.2, 0.25) is 0 Å². The zero-order chi connectivity index (χ0) is 20.1. The first-order valence-electron chi connectivity index (χ1n) is 9.54. The predicted octanol–water partition coefficient (Wildman–Crippen LogP) is 4.54. The molecule has 0 amide bonds. The van der Waals surface area contributed by atoms with Crippen LogP contribution in [0.4, 0.5) is 5.69 Å². The fourth-order valence-corrected chi connectivity index (χ4v) is 3.84. The summed E-state index contributed by atoms with van der Waals surface area (Å²) in [5.41, 5.74) is 4.72. The van der Waals surface area contributed by atoms with Crippen molar-refractivity contribution in [2.75, 3.05) is 19.0 Å². The molecule has 1 aliphatic rings. The van der Waals surface area contributed by atoms with Gasteiger partial charge in [0, 0.05) is 5.69 Å². The molecule has 0 aliphatic heterocycles. The maximum absolute atomic E-state index is 12.1. The van der Waals surface area contributed by atoms with Gasteiger partial charge in [-0.2, -0.15) is 0 Å². The van der Waals surface area contributed by atoms with Gasteiger partial charge in [-0.05, 0) is 86.3 Å². The third kappa shape index (κ3) is 4.44. The van der Waals surface area contributed by atoms with E-state index in [4.69, 9.17) is 21.7 Å². The largest absolute Gasteiger partial charge is 0.497 e. The lowest BCUT2D eigenvalue weighted by atomic mass is 9.87. The van der Waals surface area contributed by atoms with Crippen molar-refractivity contribution in [3.8, 4) is 5.75 Å². The van der Waals surface area contributed by atoms with E-state index in [2.05, 4.69) is 22.8 Å². The number of hydrogen-bond donors (Lipinski definition) is 2. The number of carbonyl (C=O) groups is 1. The molecule has 0 saturated heterocycles. The molecule has 0 unspecified atom stereocenters. The Morgan fingerprint density at radius 1 is 1.29 bits per heavy atom. The van der Waals surface area contributed by atoms with Gasteiger partial charge in [0.1, 0.15) is 5.75 Å². The van der Waals surface area contributed by atoms with E-state index < -0.39 is 0 Å². The Hall–Kier alpha value is -2.60. The highest BCUT2D eigenvalue weighted by Gasteiger charge is 2.22. The molecular formula is C22H26N2O3S. The van der Waals surface area contributed by atoms with Crippen LogP contribution in [0.5, 0.6) is 5.75 Å². The average molecular weight is 399 g/mol. The summed E-state index contributed by atoms with van der Waals surface area (Å²) in [5, 5.41) is 7.20. The van der Waals surface area contributed by atoms with Gasteiger partial charge in [0.05, 0.1) is 25.3 Å². The number of ether oxygens (including phenoxy) is 2. The SMILES string of the molecule is CCOC(=O)c1cccc(NC(=S)N[C@H]2CCCc3cc(OC)ccc32)c1C. The number of fused-ring (bicyclic) bond motifs is 1. The van der Waals surface area contributed by atoms with Crippen LogP contribution >= 0.6 is 12.2 Å². The zero-order valence-corrected chi connectivity index (χ0v) is 17.3. The summed E-state index contributed by atoms with van der Waals surface area (Å²) in [5.74, 6) is 0.559. The first kappa shape index (κ1) is 20.1. The molecule has 6 heteroatoms. The predicted molar refractivity (Wildman–Crippen MR) is 115 cm³/mol. The van der Waals surface area contributed by atoms with Crippen molar-refractivity contribution in [2.45, 2.75) is 39.2 Å². The van der Waals surface area contributed by atoms with Gasteiger partial charge in [0.25, 0.3) is 0 Å². The van der Waals surface area contributed by atoms with Crippen LogP contribution < -0.4 is 15.4 Å². The highest BCUT2D eigenvalue weighted by atomic mass is 32.1. The summed E-state index contributed by atoms with van der Waals surface area (Å²) < 4.78 is 10.5. The molecule has 0 spiro atoms. The lowest BCUT2D eigenvalue weighted by Crippen LogP contribution is -2.34. The third-order valence-electron chi connectivity index (χ3n) is 5.05. The van der Waals surface area contributed by atoms with Crippen LogP contribution in [0.15, 0.2) is 36.4 Å². The molecule has 2 aromatic carbocycles. The molecule has 2 aromatic rings. The number of rotatable bonds is 5. The molecule has 3 rings (SSSR count). The van der Waals surface area contributed by atoms with Crippen LogP contribution in [-0.4, -0.2) is 24.8 Å². The van der Waals surface area contributed by atoms with Crippen LogP contribution in [0, 0.1) is 6.92 Å². The van der Waals surface area contributed by atoms with Gasteiger partial charge in [-0.3, -0.25) is 0 Å². The minimum absolute atomic E-state index is 0.156. The van der Waals surface area contributed by atoms with Crippen LogP contribution in [0.3, 0.4) is 0 Å². The highest BCUT2D eigenvalue weighted by Crippen LogP contribution is 2.32. The number of nitrogens with one attached hydrogen (secondary N) is 2. The Balaban J connectivity index is 1.72. The fourth-order valence-electron chi connectivity index (χ4n) is 3.59. The summed E-state index contributed by atoms with van der Waals surface area (Å²) in [6.45, 7) is 4.03. The number of anilines is 1.